The number of methoxy groups -OCH3 is 1. The molecule has 0 amide bonds. The second-order valence-corrected chi connectivity index (χ2v) is 10.6. The second kappa shape index (κ2) is 6.90. The highest BCUT2D eigenvalue weighted by atomic mass is 35.5. The number of fused-ring (bicyclic) bond motifs is 1. The summed E-state index contributed by atoms with van der Waals surface area (Å²) >= 11 is 6.01. The Morgan fingerprint density at radius 3 is 2.67 bits per heavy atom. The van der Waals surface area contributed by atoms with Crippen molar-refractivity contribution < 1.29 is 9.47 Å². The van der Waals surface area contributed by atoms with E-state index in [2.05, 4.69) is 23.8 Å². The lowest BCUT2D eigenvalue weighted by Gasteiger charge is -2.24. The number of hydrogen-bond donors (Lipinski definition) is 0. The van der Waals surface area contributed by atoms with E-state index in [1.807, 2.05) is 22.8 Å². The molecule has 0 saturated heterocycles. The molecule has 0 aliphatic rings. The highest BCUT2D eigenvalue weighted by Crippen LogP contribution is 2.33. The Morgan fingerprint density at radius 1 is 1.29 bits per heavy atom. The van der Waals surface area contributed by atoms with Crippen LogP contribution in [0.1, 0.15) is 5.82 Å². The molecule has 2 rings (SSSR count). The molecule has 0 aliphatic carbocycles. The predicted molar refractivity (Wildman–Crippen MR) is 92.0 cm³/mol. The first-order chi connectivity index (χ1) is 9.96. The molecule has 0 unspecified atom stereocenters. The second-order valence-electron chi connectivity index (χ2n) is 5.75. The smallest absolute Gasteiger partial charge is 0.146 e. The largest absolute Gasteiger partial charge is 0.494 e. The van der Waals surface area contributed by atoms with Gasteiger partial charge in [0.25, 0.3) is 0 Å². The van der Waals surface area contributed by atoms with E-state index in [-0.39, 0.29) is 0 Å². The summed E-state index contributed by atoms with van der Waals surface area (Å²) in [6.07, 6.45) is 6.87. The van der Waals surface area contributed by atoms with Crippen molar-refractivity contribution in [3.63, 3.8) is 0 Å². The van der Waals surface area contributed by atoms with Crippen LogP contribution in [0.25, 0.3) is 11.0 Å². The average molecular weight is 331 g/mol. The molecule has 1 aromatic heterocycles. The van der Waals surface area contributed by atoms with Crippen molar-refractivity contribution in [1.29, 1.82) is 0 Å². The minimum Gasteiger partial charge on any atom is -0.494 e. The minimum absolute atomic E-state index is 0.353. The van der Waals surface area contributed by atoms with E-state index in [0.717, 1.165) is 35.0 Å². The average Bonchev–Trinajstić information content (AvgIpc) is 2.80. The number of nitrogens with zero attached hydrogens (tertiary/aromatic N) is 2. The van der Waals surface area contributed by atoms with Gasteiger partial charge < -0.3 is 14.0 Å². The van der Waals surface area contributed by atoms with Gasteiger partial charge >= 0.3 is 0 Å². The van der Waals surface area contributed by atoms with Crippen LogP contribution in [0.2, 0.25) is 0 Å². The maximum absolute atomic E-state index is 6.01. The number of benzene rings is 1. The van der Waals surface area contributed by atoms with Crippen molar-refractivity contribution in [3.05, 3.63) is 24.0 Å². The summed E-state index contributed by atoms with van der Waals surface area (Å²) in [4.78, 5) is 4.56. The van der Waals surface area contributed by atoms with Gasteiger partial charge in [0, 0.05) is 5.75 Å². The van der Waals surface area contributed by atoms with Crippen molar-refractivity contribution in [2.45, 2.75) is 12.6 Å². The van der Waals surface area contributed by atoms with E-state index >= 15 is 0 Å². The molecular formula is C15H23ClN2O2S. The van der Waals surface area contributed by atoms with Gasteiger partial charge in [0.1, 0.15) is 23.8 Å². The highest BCUT2D eigenvalue weighted by Gasteiger charge is 2.13. The fourth-order valence-electron chi connectivity index (χ4n) is 2.04. The molecule has 0 radical (unpaired) electrons. The number of para-hydroxylation sites is 1. The number of rotatable bonds is 7. The van der Waals surface area contributed by atoms with E-state index in [9.17, 15) is 0 Å². The van der Waals surface area contributed by atoms with Crippen LogP contribution in [-0.4, -0.2) is 47.8 Å². The number of aromatic nitrogens is 2. The lowest BCUT2D eigenvalue weighted by molar-refractivity contribution is 0.0908. The van der Waals surface area contributed by atoms with E-state index in [1.165, 1.54) is 0 Å². The number of hydrogen-bond acceptors (Lipinski definition) is 3. The van der Waals surface area contributed by atoms with Gasteiger partial charge in [0.15, 0.2) is 0 Å². The summed E-state index contributed by atoms with van der Waals surface area (Å²) in [7, 11) is 1.12. The maximum atomic E-state index is 6.01. The first-order valence-corrected chi connectivity index (χ1v) is 10.3. The Morgan fingerprint density at radius 2 is 2.05 bits per heavy atom. The molecule has 0 atom stereocenters. The van der Waals surface area contributed by atoms with Gasteiger partial charge in [-0.05, 0) is 30.9 Å². The summed E-state index contributed by atoms with van der Waals surface area (Å²) in [5.41, 5.74) is 1.83. The van der Waals surface area contributed by atoms with Crippen LogP contribution < -0.4 is 4.74 Å². The van der Waals surface area contributed by atoms with Crippen LogP contribution >= 0.6 is 21.6 Å². The third-order valence-corrected chi connectivity index (χ3v) is 4.85. The van der Waals surface area contributed by atoms with Gasteiger partial charge in [0.05, 0.1) is 25.1 Å². The van der Waals surface area contributed by atoms with Crippen LogP contribution in [0.5, 0.6) is 5.75 Å². The summed E-state index contributed by atoms with van der Waals surface area (Å²) < 4.78 is 13.2. The number of halogens is 1. The monoisotopic (exact) mass is 330 g/mol. The fraction of sp³-hybridized carbons (Fsp3) is 0.533. The molecule has 0 N–H and O–H groups in total. The molecular weight excluding hydrogens is 308 g/mol. The first kappa shape index (κ1) is 16.5. The Balaban J connectivity index is 2.18. The number of alkyl halides is 1. The maximum Gasteiger partial charge on any atom is 0.146 e. The van der Waals surface area contributed by atoms with Crippen LogP contribution in [0.15, 0.2) is 18.2 Å². The number of ether oxygens (including phenoxy) is 2. The quantitative estimate of drug-likeness (QED) is 0.576. The molecule has 0 aliphatic heterocycles. The van der Waals surface area contributed by atoms with Gasteiger partial charge in [-0.3, -0.25) is 0 Å². The topological polar surface area (TPSA) is 36.3 Å². The molecule has 1 aromatic carbocycles. The fourth-order valence-corrected chi connectivity index (χ4v) is 2.87. The molecule has 0 saturated carbocycles. The molecule has 4 nitrogen and oxygen atoms in total. The molecule has 1 heterocycles. The zero-order chi connectivity index (χ0) is 15.5. The molecule has 2 aromatic rings. The van der Waals surface area contributed by atoms with Crippen LogP contribution in [0.3, 0.4) is 0 Å². The Bertz CT molecular complexity index is 607. The Kier molecular flexibility index (Phi) is 5.41. The Labute approximate surface area is 132 Å². The molecule has 118 valence electrons. The van der Waals surface area contributed by atoms with Crippen molar-refractivity contribution >= 4 is 32.7 Å². The molecule has 0 bridgehead atoms. The van der Waals surface area contributed by atoms with Crippen LogP contribution in [-0.2, 0) is 17.3 Å². The zero-order valence-corrected chi connectivity index (χ0v) is 14.6. The summed E-state index contributed by atoms with van der Waals surface area (Å²) in [5, 5.41) is 0. The SMILES string of the molecule is COc1cccc2c1nc(CCl)n2COCCS(C)(C)C. The van der Waals surface area contributed by atoms with E-state index < -0.39 is 10.0 Å². The summed E-state index contributed by atoms with van der Waals surface area (Å²) in [5.74, 6) is 3.02. The first-order valence-electron chi connectivity index (χ1n) is 6.78. The Hall–Kier alpha value is -0.910. The van der Waals surface area contributed by atoms with Crippen LogP contribution in [0, 0.1) is 0 Å². The van der Waals surface area contributed by atoms with Gasteiger partial charge in [-0.2, -0.15) is 0 Å². The lowest BCUT2D eigenvalue weighted by Crippen LogP contribution is -2.11. The van der Waals surface area contributed by atoms with Crippen LogP contribution in [0.4, 0.5) is 0 Å². The standard InChI is InChI=1S/C15H23ClN2O2S/c1-19-13-7-5-6-12-15(13)17-14(10-16)18(12)11-20-8-9-21(2,3)4/h5-7H,8-11H2,1-4H3. The van der Waals surface area contributed by atoms with Gasteiger partial charge in [-0.1, -0.05) is 6.07 Å². The van der Waals surface area contributed by atoms with Gasteiger partial charge in [-0.25, -0.2) is 15.0 Å². The minimum atomic E-state index is -0.530. The van der Waals surface area contributed by atoms with Crippen molar-refractivity contribution in [2.24, 2.45) is 0 Å². The van der Waals surface area contributed by atoms with Crippen molar-refractivity contribution in [2.75, 3.05) is 38.2 Å². The third-order valence-electron chi connectivity index (χ3n) is 3.22. The van der Waals surface area contributed by atoms with Gasteiger partial charge in [0.2, 0.25) is 0 Å². The van der Waals surface area contributed by atoms with Gasteiger partial charge in [-0.15, -0.1) is 11.6 Å². The molecule has 6 heteroatoms. The summed E-state index contributed by atoms with van der Waals surface area (Å²) in [6, 6.07) is 5.87. The third kappa shape index (κ3) is 4.05. The number of imidazole rings is 1. The highest BCUT2D eigenvalue weighted by molar-refractivity contribution is 8.32. The molecule has 0 spiro atoms. The summed E-state index contributed by atoms with van der Waals surface area (Å²) in [6.45, 7) is 1.23. The van der Waals surface area contributed by atoms with Crippen molar-refractivity contribution in [1.82, 2.24) is 9.55 Å². The normalized spacial score (nSPS) is 12.8. The van der Waals surface area contributed by atoms with E-state index in [1.54, 1.807) is 7.11 Å². The van der Waals surface area contributed by atoms with E-state index in [4.69, 9.17) is 21.1 Å². The zero-order valence-electron chi connectivity index (χ0n) is 13.1. The van der Waals surface area contributed by atoms with Crippen molar-refractivity contribution in [3.8, 4) is 5.75 Å². The lowest BCUT2D eigenvalue weighted by atomic mass is 10.3. The molecule has 0 fully saturated rings. The molecule has 21 heavy (non-hydrogen) atoms. The van der Waals surface area contributed by atoms with E-state index in [0.29, 0.717) is 12.6 Å². The predicted octanol–water partition coefficient (Wildman–Crippen LogP) is 3.45.